The smallest absolute Gasteiger partial charge is 0.219 e. The van der Waals surface area contributed by atoms with Crippen LogP contribution in [0.1, 0.15) is 44.1 Å². The van der Waals surface area contributed by atoms with Gasteiger partial charge in [0.15, 0.2) is 0 Å². The van der Waals surface area contributed by atoms with Gasteiger partial charge in [0.05, 0.1) is 0 Å². The summed E-state index contributed by atoms with van der Waals surface area (Å²) in [5.74, 6) is 0.321. The molecule has 2 heterocycles. The minimum Gasteiger partial charge on any atom is -0.371 e. The highest BCUT2D eigenvalue weighted by Gasteiger charge is 2.39. The molecule has 0 radical (unpaired) electrons. The Morgan fingerprint density at radius 3 is 2.53 bits per heavy atom. The SMILES string of the molecule is C=C(c1cnc(N)nc1)N1CCC2(CCCCC2)C1. The summed E-state index contributed by atoms with van der Waals surface area (Å²) in [6.07, 6.45) is 11.8. The Balaban J connectivity index is 1.70. The molecule has 1 spiro atoms. The van der Waals surface area contributed by atoms with Crippen LogP contribution in [0.25, 0.3) is 5.70 Å². The molecule has 2 fully saturated rings. The van der Waals surface area contributed by atoms with Gasteiger partial charge in [-0.3, -0.25) is 0 Å². The summed E-state index contributed by atoms with van der Waals surface area (Å²) in [5.41, 5.74) is 8.11. The molecule has 3 rings (SSSR count). The van der Waals surface area contributed by atoms with Crippen molar-refractivity contribution in [3.8, 4) is 0 Å². The van der Waals surface area contributed by atoms with Gasteiger partial charge < -0.3 is 10.6 Å². The monoisotopic (exact) mass is 258 g/mol. The second-order valence-electron chi connectivity index (χ2n) is 6.01. The van der Waals surface area contributed by atoms with Crippen LogP contribution in [0.5, 0.6) is 0 Å². The molecule has 1 aliphatic heterocycles. The predicted molar refractivity (Wildman–Crippen MR) is 77.2 cm³/mol. The molecule has 1 saturated carbocycles. The average molecular weight is 258 g/mol. The van der Waals surface area contributed by atoms with Gasteiger partial charge in [-0.1, -0.05) is 25.8 Å². The number of nitrogens with zero attached hydrogens (tertiary/aromatic N) is 3. The van der Waals surface area contributed by atoms with Crippen molar-refractivity contribution in [1.29, 1.82) is 0 Å². The fraction of sp³-hybridized carbons (Fsp3) is 0.600. The van der Waals surface area contributed by atoms with Crippen molar-refractivity contribution in [2.45, 2.75) is 38.5 Å². The maximum atomic E-state index is 5.53. The van der Waals surface area contributed by atoms with Crippen molar-refractivity contribution in [2.75, 3.05) is 18.8 Å². The van der Waals surface area contributed by atoms with E-state index in [0.29, 0.717) is 11.4 Å². The van der Waals surface area contributed by atoms with Gasteiger partial charge in [0.25, 0.3) is 0 Å². The zero-order valence-electron chi connectivity index (χ0n) is 11.4. The summed E-state index contributed by atoms with van der Waals surface area (Å²) >= 11 is 0. The third kappa shape index (κ3) is 2.44. The van der Waals surface area contributed by atoms with Crippen LogP contribution < -0.4 is 5.73 Å². The summed E-state index contributed by atoms with van der Waals surface area (Å²) in [5, 5.41) is 0. The number of hydrogen-bond acceptors (Lipinski definition) is 4. The largest absolute Gasteiger partial charge is 0.371 e. The lowest BCUT2D eigenvalue weighted by atomic mass is 9.73. The van der Waals surface area contributed by atoms with Gasteiger partial charge in [0.1, 0.15) is 0 Å². The Bertz CT molecular complexity index is 460. The molecule has 0 atom stereocenters. The highest BCUT2D eigenvalue weighted by molar-refractivity contribution is 5.61. The minimum atomic E-state index is 0.321. The zero-order valence-corrected chi connectivity index (χ0v) is 11.4. The fourth-order valence-corrected chi connectivity index (χ4v) is 3.55. The van der Waals surface area contributed by atoms with E-state index in [-0.39, 0.29) is 0 Å². The topological polar surface area (TPSA) is 55.0 Å². The third-order valence-electron chi connectivity index (χ3n) is 4.74. The second-order valence-corrected chi connectivity index (χ2v) is 6.01. The molecule has 0 unspecified atom stereocenters. The van der Waals surface area contributed by atoms with Crippen LogP contribution in [-0.2, 0) is 0 Å². The Labute approximate surface area is 114 Å². The number of aromatic nitrogens is 2. The van der Waals surface area contributed by atoms with Crippen LogP contribution in [0, 0.1) is 5.41 Å². The summed E-state index contributed by atoms with van der Waals surface area (Å²) in [6, 6.07) is 0. The lowest BCUT2D eigenvalue weighted by molar-refractivity contribution is 0.202. The molecule has 1 aromatic rings. The van der Waals surface area contributed by atoms with Crippen LogP contribution in [0.3, 0.4) is 0 Å². The Morgan fingerprint density at radius 2 is 1.84 bits per heavy atom. The van der Waals surface area contributed by atoms with Gasteiger partial charge in [-0.25, -0.2) is 9.97 Å². The van der Waals surface area contributed by atoms with E-state index in [1.165, 1.54) is 38.5 Å². The van der Waals surface area contributed by atoms with Crippen LogP contribution in [0.15, 0.2) is 19.0 Å². The highest BCUT2D eigenvalue weighted by atomic mass is 15.2. The maximum Gasteiger partial charge on any atom is 0.219 e. The molecule has 19 heavy (non-hydrogen) atoms. The van der Waals surface area contributed by atoms with Crippen molar-refractivity contribution < 1.29 is 0 Å². The molecule has 1 aliphatic carbocycles. The van der Waals surface area contributed by atoms with E-state index in [1.54, 1.807) is 12.4 Å². The number of nitrogens with two attached hydrogens (primary N) is 1. The number of anilines is 1. The van der Waals surface area contributed by atoms with Gasteiger partial charge in [-0.15, -0.1) is 0 Å². The molecule has 0 bridgehead atoms. The van der Waals surface area contributed by atoms with E-state index >= 15 is 0 Å². The fourth-order valence-electron chi connectivity index (χ4n) is 3.55. The second kappa shape index (κ2) is 4.83. The van der Waals surface area contributed by atoms with E-state index in [0.717, 1.165) is 24.4 Å². The maximum absolute atomic E-state index is 5.53. The minimum absolute atomic E-state index is 0.321. The number of rotatable bonds is 2. The van der Waals surface area contributed by atoms with Gasteiger partial charge >= 0.3 is 0 Å². The van der Waals surface area contributed by atoms with Gasteiger partial charge in [0.2, 0.25) is 5.95 Å². The molecular formula is C15H22N4. The van der Waals surface area contributed by atoms with Gasteiger partial charge in [0, 0.05) is 36.7 Å². The molecule has 4 heteroatoms. The summed E-state index contributed by atoms with van der Waals surface area (Å²) < 4.78 is 0. The Hall–Kier alpha value is -1.58. The van der Waals surface area contributed by atoms with E-state index in [2.05, 4.69) is 21.4 Å². The lowest BCUT2D eigenvalue weighted by Gasteiger charge is -2.33. The molecular weight excluding hydrogens is 236 g/mol. The number of likely N-dealkylation sites (tertiary alicyclic amines) is 1. The third-order valence-corrected chi connectivity index (χ3v) is 4.74. The van der Waals surface area contributed by atoms with Crippen LogP contribution in [0.2, 0.25) is 0 Å². The van der Waals surface area contributed by atoms with Crippen LogP contribution in [0.4, 0.5) is 5.95 Å². The molecule has 0 amide bonds. The van der Waals surface area contributed by atoms with Crippen LogP contribution in [-0.4, -0.2) is 28.0 Å². The van der Waals surface area contributed by atoms with Gasteiger partial charge in [-0.05, 0) is 24.7 Å². The normalized spacial score (nSPS) is 21.8. The quantitative estimate of drug-likeness (QED) is 0.886. The summed E-state index contributed by atoms with van der Waals surface area (Å²) in [6.45, 7) is 6.48. The summed E-state index contributed by atoms with van der Waals surface area (Å²) in [4.78, 5) is 10.5. The van der Waals surface area contributed by atoms with Crippen molar-refractivity contribution in [3.05, 3.63) is 24.5 Å². The Morgan fingerprint density at radius 1 is 1.16 bits per heavy atom. The average Bonchev–Trinajstić information content (AvgIpc) is 2.83. The molecule has 1 aromatic heterocycles. The summed E-state index contributed by atoms with van der Waals surface area (Å²) in [7, 11) is 0. The van der Waals surface area contributed by atoms with E-state index < -0.39 is 0 Å². The first-order valence-electron chi connectivity index (χ1n) is 7.20. The standard InChI is InChI=1S/C15H22N4/c1-12(13-9-17-14(16)18-10-13)19-8-7-15(11-19)5-3-2-4-6-15/h9-10H,1-8,11H2,(H2,16,17,18). The van der Waals surface area contributed by atoms with E-state index in [9.17, 15) is 0 Å². The zero-order chi connectivity index (χ0) is 13.3. The first-order valence-corrected chi connectivity index (χ1v) is 7.20. The van der Waals surface area contributed by atoms with Gasteiger partial charge in [-0.2, -0.15) is 0 Å². The van der Waals surface area contributed by atoms with Crippen molar-refractivity contribution in [3.63, 3.8) is 0 Å². The van der Waals surface area contributed by atoms with Crippen LogP contribution >= 0.6 is 0 Å². The highest BCUT2D eigenvalue weighted by Crippen LogP contribution is 2.45. The van der Waals surface area contributed by atoms with Crippen molar-refractivity contribution in [2.24, 2.45) is 5.41 Å². The van der Waals surface area contributed by atoms with E-state index in [4.69, 9.17) is 5.73 Å². The molecule has 1 saturated heterocycles. The first kappa shape index (κ1) is 12.5. The molecule has 2 N–H and O–H groups in total. The lowest BCUT2D eigenvalue weighted by Crippen LogP contribution is -2.28. The predicted octanol–water partition coefficient (Wildman–Crippen LogP) is 2.69. The molecule has 4 nitrogen and oxygen atoms in total. The Kier molecular flexibility index (Phi) is 3.17. The van der Waals surface area contributed by atoms with E-state index in [1.807, 2.05) is 0 Å². The van der Waals surface area contributed by atoms with Crippen molar-refractivity contribution >= 4 is 11.6 Å². The molecule has 102 valence electrons. The first-order chi connectivity index (χ1) is 9.19. The number of hydrogen-bond donors (Lipinski definition) is 1. The number of nitrogen functional groups attached to an aromatic ring is 1. The van der Waals surface area contributed by atoms with Crippen molar-refractivity contribution in [1.82, 2.24) is 14.9 Å². The molecule has 2 aliphatic rings. The molecule has 0 aromatic carbocycles.